The molecule has 0 unspecified atom stereocenters. The highest BCUT2D eigenvalue weighted by Crippen LogP contribution is 2.57. The molecule has 158 valence electrons. The number of nitriles is 1. The molecule has 1 aliphatic carbocycles. The molecule has 0 aliphatic heterocycles. The third-order valence-corrected chi connectivity index (χ3v) is 5.81. The first-order valence-electron chi connectivity index (χ1n) is 8.37. The lowest BCUT2D eigenvalue weighted by molar-refractivity contribution is -0.307. The molecule has 0 bridgehead atoms. The van der Waals surface area contributed by atoms with Crippen LogP contribution in [-0.4, -0.2) is 31.7 Å². The molecular formula is C19H13F3NO6S-. The van der Waals surface area contributed by atoms with Crippen LogP contribution in [0.2, 0.25) is 0 Å². The van der Waals surface area contributed by atoms with Crippen LogP contribution in [0.15, 0.2) is 35.2 Å². The fraction of sp³-hybridized carbons (Fsp3) is 0.263. The monoisotopic (exact) mass is 440 g/mol. The number of hydrogen-bond acceptors (Lipinski definition) is 7. The van der Waals surface area contributed by atoms with Gasteiger partial charge in [-0.3, -0.25) is 0 Å². The number of carbonyl (C=O) groups is 1. The predicted molar refractivity (Wildman–Crippen MR) is 93.0 cm³/mol. The van der Waals surface area contributed by atoms with E-state index in [-0.39, 0.29) is 11.3 Å². The Morgan fingerprint density at radius 3 is 2.53 bits per heavy atom. The van der Waals surface area contributed by atoms with E-state index in [9.17, 15) is 36.6 Å². The average Bonchev–Trinajstić information content (AvgIpc) is 2.81. The first-order chi connectivity index (χ1) is 13.9. The third-order valence-electron chi connectivity index (χ3n) is 4.66. The lowest BCUT2D eigenvalue weighted by Gasteiger charge is -2.23. The number of ether oxygens (including phenoxy) is 1. The quantitative estimate of drug-likeness (QED) is 0.751. The Morgan fingerprint density at radius 1 is 1.30 bits per heavy atom. The Balaban J connectivity index is 2.25. The number of halogens is 3. The Morgan fingerprint density at radius 2 is 1.97 bits per heavy atom. The molecule has 30 heavy (non-hydrogen) atoms. The van der Waals surface area contributed by atoms with E-state index in [2.05, 4.69) is 0 Å². The highest BCUT2D eigenvalue weighted by molar-refractivity contribution is 7.90. The van der Waals surface area contributed by atoms with Crippen LogP contribution in [0.4, 0.5) is 13.2 Å². The molecule has 0 fully saturated rings. The fourth-order valence-corrected chi connectivity index (χ4v) is 4.41. The maximum Gasteiger partial charge on any atom is 0.284 e. The van der Waals surface area contributed by atoms with Crippen molar-refractivity contribution in [2.45, 2.75) is 29.3 Å². The minimum Gasteiger partial charge on any atom is -0.550 e. The second kappa shape index (κ2) is 7.30. The molecule has 3 rings (SSSR count). The summed E-state index contributed by atoms with van der Waals surface area (Å²) in [5, 5.41) is 30.2. The second-order valence-corrected chi connectivity index (χ2v) is 8.74. The summed E-state index contributed by atoms with van der Waals surface area (Å²) in [6.07, 6.45) is -3.09. The van der Waals surface area contributed by atoms with Crippen molar-refractivity contribution in [1.82, 2.24) is 0 Å². The van der Waals surface area contributed by atoms with Gasteiger partial charge in [-0.1, -0.05) is 0 Å². The van der Waals surface area contributed by atoms with Gasteiger partial charge in [-0.05, 0) is 36.2 Å². The molecule has 2 atom stereocenters. The molecular weight excluding hydrogens is 427 g/mol. The molecule has 0 spiro atoms. The zero-order valence-corrected chi connectivity index (χ0v) is 16.0. The van der Waals surface area contributed by atoms with E-state index in [0.717, 1.165) is 36.6 Å². The standard InChI is InChI=1S/C19H14F3NO6S/c1-30(27,28)14-3-2-13(29-11-5-9(8-23)4-10(20)6-11)17-16(14)12(7-15(24)25)19(21,22)18(17)26/h2-6,12,18,26H,7H2,1H3,(H,24,25)/p-1/t12-,18+/m0/s1. The molecule has 0 aromatic heterocycles. The highest BCUT2D eigenvalue weighted by Gasteiger charge is 2.57. The van der Waals surface area contributed by atoms with Crippen molar-refractivity contribution < 1.29 is 41.3 Å². The zero-order valence-electron chi connectivity index (χ0n) is 15.2. The number of fused-ring (bicyclic) bond motifs is 1. The summed E-state index contributed by atoms with van der Waals surface area (Å²) in [4.78, 5) is 10.4. The van der Waals surface area contributed by atoms with E-state index in [1.165, 1.54) is 0 Å². The summed E-state index contributed by atoms with van der Waals surface area (Å²) in [5.74, 6) is -9.65. The van der Waals surface area contributed by atoms with E-state index < -0.39 is 67.8 Å². The normalized spacial score (nSPS) is 19.7. The highest BCUT2D eigenvalue weighted by atomic mass is 32.2. The molecule has 1 aliphatic rings. The van der Waals surface area contributed by atoms with Crippen LogP contribution in [0.25, 0.3) is 0 Å². The number of hydrogen-bond donors (Lipinski definition) is 1. The summed E-state index contributed by atoms with van der Waals surface area (Å²) in [5.41, 5.74) is -1.36. The van der Waals surface area contributed by atoms with E-state index in [0.29, 0.717) is 0 Å². The van der Waals surface area contributed by atoms with Gasteiger partial charge in [-0.15, -0.1) is 0 Å². The van der Waals surface area contributed by atoms with Crippen molar-refractivity contribution >= 4 is 15.8 Å². The first-order valence-corrected chi connectivity index (χ1v) is 10.3. The molecule has 0 amide bonds. The number of carboxylic acids is 1. The van der Waals surface area contributed by atoms with Crippen molar-refractivity contribution in [2.24, 2.45) is 0 Å². The Bertz CT molecular complexity index is 1190. The predicted octanol–water partition coefficient (Wildman–Crippen LogP) is 1.80. The van der Waals surface area contributed by atoms with E-state index in [4.69, 9.17) is 10.00 Å². The number of carbonyl (C=O) groups excluding carboxylic acids is 1. The summed E-state index contributed by atoms with van der Waals surface area (Å²) < 4.78 is 72.8. The average molecular weight is 440 g/mol. The van der Waals surface area contributed by atoms with Crippen LogP contribution in [0.3, 0.4) is 0 Å². The van der Waals surface area contributed by atoms with E-state index in [1.807, 2.05) is 0 Å². The fourth-order valence-electron chi connectivity index (χ4n) is 3.44. The van der Waals surface area contributed by atoms with Crippen LogP contribution >= 0.6 is 0 Å². The molecule has 0 heterocycles. The SMILES string of the molecule is CS(=O)(=O)c1ccc(Oc2cc(F)cc(C#N)c2)c2c1[C@H](CC(=O)[O-])C(F)(F)[C@@H]2O. The lowest BCUT2D eigenvalue weighted by Crippen LogP contribution is -2.33. The van der Waals surface area contributed by atoms with Gasteiger partial charge in [-0.2, -0.15) is 5.26 Å². The van der Waals surface area contributed by atoms with Gasteiger partial charge in [0.25, 0.3) is 5.92 Å². The van der Waals surface area contributed by atoms with E-state index >= 15 is 0 Å². The van der Waals surface area contributed by atoms with Gasteiger partial charge >= 0.3 is 0 Å². The van der Waals surface area contributed by atoms with Gasteiger partial charge in [0.1, 0.15) is 23.4 Å². The summed E-state index contributed by atoms with van der Waals surface area (Å²) in [7, 11) is -4.09. The first kappa shape index (κ1) is 21.6. The third kappa shape index (κ3) is 3.71. The summed E-state index contributed by atoms with van der Waals surface area (Å²) in [6.45, 7) is 0. The maximum absolute atomic E-state index is 14.7. The van der Waals surface area contributed by atoms with Gasteiger partial charge in [0.05, 0.1) is 22.4 Å². The van der Waals surface area contributed by atoms with Gasteiger partial charge in [0.2, 0.25) is 0 Å². The largest absolute Gasteiger partial charge is 0.550 e. The minimum absolute atomic E-state index is 0.130. The van der Waals surface area contributed by atoms with Gasteiger partial charge < -0.3 is 19.7 Å². The van der Waals surface area contributed by atoms with Crippen molar-refractivity contribution in [3.05, 3.63) is 52.8 Å². The minimum atomic E-state index is -4.09. The Kier molecular flexibility index (Phi) is 5.26. The maximum atomic E-state index is 14.7. The van der Waals surface area contributed by atoms with Gasteiger partial charge in [-0.25, -0.2) is 21.6 Å². The Hall–Kier alpha value is -3.10. The number of aliphatic hydroxyl groups is 1. The molecule has 0 radical (unpaired) electrons. The number of benzene rings is 2. The van der Waals surface area contributed by atoms with E-state index in [1.54, 1.807) is 6.07 Å². The topological polar surface area (TPSA) is 128 Å². The number of carboxylic acid groups (broad SMARTS) is 1. The smallest absolute Gasteiger partial charge is 0.284 e. The van der Waals surface area contributed by atoms with Crippen LogP contribution < -0.4 is 9.84 Å². The number of aliphatic hydroxyl groups excluding tert-OH is 1. The number of aliphatic carboxylic acids is 1. The van der Waals surface area contributed by atoms with Crippen molar-refractivity contribution in [1.29, 1.82) is 5.26 Å². The zero-order chi connectivity index (χ0) is 22.4. The number of alkyl halides is 2. The van der Waals surface area contributed by atoms with Crippen molar-refractivity contribution in [3.8, 4) is 17.6 Å². The molecule has 7 nitrogen and oxygen atoms in total. The number of sulfone groups is 1. The van der Waals surface area contributed by atoms with Crippen LogP contribution in [0.5, 0.6) is 11.5 Å². The molecule has 0 saturated carbocycles. The van der Waals surface area contributed by atoms with Gasteiger partial charge in [0, 0.05) is 23.9 Å². The van der Waals surface area contributed by atoms with Crippen LogP contribution in [0, 0.1) is 17.1 Å². The van der Waals surface area contributed by atoms with Crippen LogP contribution in [-0.2, 0) is 14.6 Å². The number of rotatable bonds is 5. The second-order valence-electron chi connectivity index (χ2n) is 6.76. The molecule has 11 heteroatoms. The Labute approximate surface area is 168 Å². The molecule has 2 aromatic carbocycles. The van der Waals surface area contributed by atoms with Crippen molar-refractivity contribution in [2.75, 3.05) is 6.26 Å². The lowest BCUT2D eigenvalue weighted by atomic mass is 9.95. The summed E-state index contributed by atoms with van der Waals surface area (Å²) >= 11 is 0. The van der Waals surface area contributed by atoms with Crippen molar-refractivity contribution in [3.63, 3.8) is 0 Å². The van der Waals surface area contributed by atoms with Gasteiger partial charge in [0.15, 0.2) is 9.84 Å². The number of nitrogens with zero attached hydrogens (tertiary/aromatic N) is 1. The van der Waals surface area contributed by atoms with Crippen LogP contribution in [0.1, 0.15) is 35.1 Å². The molecule has 0 saturated heterocycles. The molecule has 2 aromatic rings. The summed E-state index contributed by atoms with van der Waals surface area (Å²) in [6, 6.07) is 6.48. The molecule has 1 N–H and O–H groups in total.